The van der Waals surface area contributed by atoms with Crippen LogP contribution in [0.5, 0.6) is 5.75 Å². The number of hydrogen-bond acceptors (Lipinski definition) is 4. The van der Waals surface area contributed by atoms with Gasteiger partial charge in [-0.15, -0.1) is 0 Å². The van der Waals surface area contributed by atoms with E-state index in [1.807, 2.05) is 13.8 Å². The first-order chi connectivity index (χ1) is 13.9. The zero-order chi connectivity index (χ0) is 22.3. The molecule has 0 aliphatic carbocycles. The minimum Gasteiger partial charge on any atom is -0.491 e. The Morgan fingerprint density at radius 3 is 2.57 bits per heavy atom. The van der Waals surface area contributed by atoms with Gasteiger partial charge in [0, 0.05) is 11.1 Å². The highest BCUT2D eigenvalue weighted by Crippen LogP contribution is 2.40. The Labute approximate surface area is 178 Å². The van der Waals surface area contributed by atoms with Gasteiger partial charge < -0.3 is 10.5 Å². The van der Waals surface area contributed by atoms with E-state index in [-0.39, 0.29) is 17.5 Å². The largest absolute Gasteiger partial charge is 0.491 e. The highest BCUT2D eigenvalue weighted by atomic mass is 35.5. The molecule has 0 spiro atoms. The molecule has 0 radical (unpaired) electrons. The molecule has 3 rings (SSSR count). The highest BCUT2D eigenvalue weighted by Gasteiger charge is 2.35. The first-order valence-electron chi connectivity index (χ1n) is 9.51. The van der Waals surface area contributed by atoms with Gasteiger partial charge in [0.2, 0.25) is 0 Å². The average molecular weight is 441 g/mol. The Kier molecular flexibility index (Phi) is 6.02. The van der Waals surface area contributed by atoms with Crippen molar-refractivity contribution in [3.8, 4) is 16.9 Å². The van der Waals surface area contributed by atoms with E-state index in [9.17, 15) is 13.2 Å². The predicted octanol–water partition coefficient (Wildman–Crippen LogP) is 5.52. The van der Waals surface area contributed by atoms with Crippen LogP contribution in [0.25, 0.3) is 16.8 Å². The SMILES string of the molecule is Cc1cn2nc(Cl)cc(-c3ccc(OCC(C)(N)CC(C)C)c(C(F)(F)F)c3)c2n1. The summed E-state index contributed by atoms with van der Waals surface area (Å²) in [5, 5.41) is 4.26. The summed E-state index contributed by atoms with van der Waals surface area (Å²) in [7, 11) is 0. The Bertz CT molecular complexity index is 1060. The maximum Gasteiger partial charge on any atom is 0.419 e. The second-order valence-corrected chi connectivity index (χ2v) is 8.67. The normalized spacial score (nSPS) is 14.3. The van der Waals surface area contributed by atoms with Crippen molar-refractivity contribution in [1.82, 2.24) is 14.6 Å². The van der Waals surface area contributed by atoms with Crippen LogP contribution >= 0.6 is 11.6 Å². The third-order valence-electron chi connectivity index (χ3n) is 4.54. The van der Waals surface area contributed by atoms with E-state index in [2.05, 4.69) is 10.1 Å². The minimum atomic E-state index is -4.60. The smallest absolute Gasteiger partial charge is 0.419 e. The van der Waals surface area contributed by atoms with Crippen molar-refractivity contribution in [3.63, 3.8) is 0 Å². The predicted molar refractivity (Wildman–Crippen MR) is 111 cm³/mol. The van der Waals surface area contributed by atoms with Gasteiger partial charge in [0.25, 0.3) is 0 Å². The summed E-state index contributed by atoms with van der Waals surface area (Å²) in [4.78, 5) is 4.35. The number of halogens is 4. The van der Waals surface area contributed by atoms with Crippen LogP contribution in [-0.4, -0.2) is 26.7 Å². The number of aromatic nitrogens is 3. The number of ether oxygens (including phenoxy) is 1. The van der Waals surface area contributed by atoms with Crippen molar-refractivity contribution in [2.24, 2.45) is 11.7 Å². The van der Waals surface area contributed by atoms with Crippen molar-refractivity contribution in [3.05, 3.63) is 46.9 Å². The van der Waals surface area contributed by atoms with E-state index >= 15 is 0 Å². The summed E-state index contributed by atoms with van der Waals surface area (Å²) < 4.78 is 48.4. The molecule has 9 heteroatoms. The number of aryl methyl sites for hydroxylation is 1. The maximum atomic E-state index is 13.8. The van der Waals surface area contributed by atoms with E-state index in [1.54, 1.807) is 26.1 Å². The topological polar surface area (TPSA) is 65.4 Å². The zero-order valence-corrected chi connectivity index (χ0v) is 18.0. The molecule has 5 nitrogen and oxygen atoms in total. The van der Waals surface area contributed by atoms with E-state index in [4.69, 9.17) is 22.1 Å². The summed E-state index contributed by atoms with van der Waals surface area (Å²) in [6.45, 7) is 7.51. The van der Waals surface area contributed by atoms with Crippen molar-refractivity contribution >= 4 is 17.2 Å². The number of imidazole rings is 1. The maximum absolute atomic E-state index is 13.8. The minimum absolute atomic E-state index is 0.0294. The van der Waals surface area contributed by atoms with Gasteiger partial charge in [-0.25, -0.2) is 9.50 Å². The van der Waals surface area contributed by atoms with Gasteiger partial charge in [-0.05, 0) is 49.9 Å². The molecule has 0 saturated heterocycles. The Balaban J connectivity index is 2.02. The lowest BCUT2D eigenvalue weighted by molar-refractivity contribution is -0.139. The van der Waals surface area contributed by atoms with Gasteiger partial charge in [-0.3, -0.25) is 0 Å². The fourth-order valence-corrected chi connectivity index (χ4v) is 3.74. The van der Waals surface area contributed by atoms with Crippen LogP contribution in [0.1, 0.15) is 38.4 Å². The molecule has 3 aromatic rings. The molecule has 1 aromatic carbocycles. The zero-order valence-electron chi connectivity index (χ0n) is 17.2. The lowest BCUT2D eigenvalue weighted by Gasteiger charge is -2.27. The van der Waals surface area contributed by atoms with Crippen LogP contribution < -0.4 is 10.5 Å². The quantitative estimate of drug-likeness (QED) is 0.548. The van der Waals surface area contributed by atoms with Crippen molar-refractivity contribution in [2.45, 2.75) is 45.8 Å². The second kappa shape index (κ2) is 8.07. The average Bonchev–Trinajstić information content (AvgIpc) is 2.97. The second-order valence-electron chi connectivity index (χ2n) is 8.28. The van der Waals surface area contributed by atoms with Crippen LogP contribution in [0, 0.1) is 12.8 Å². The molecule has 162 valence electrons. The van der Waals surface area contributed by atoms with Gasteiger partial charge >= 0.3 is 6.18 Å². The van der Waals surface area contributed by atoms with Gasteiger partial charge in [0.05, 0.1) is 17.5 Å². The molecule has 2 heterocycles. The summed E-state index contributed by atoms with van der Waals surface area (Å²) in [5.41, 5.74) is 6.42. The molecule has 1 unspecified atom stereocenters. The number of fused-ring (bicyclic) bond motifs is 1. The van der Waals surface area contributed by atoms with Crippen LogP contribution in [0.3, 0.4) is 0 Å². The van der Waals surface area contributed by atoms with Crippen molar-refractivity contribution in [2.75, 3.05) is 6.61 Å². The molecular formula is C21H24ClF3N4O. The highest BCUT2D eigenvalue weighted by molar-refractivity contribution is 6.29. The van der Waals surface area contributed by atoms with E-state index < -0.39 is 17.3 Å². The monoisotopic (exact) mass is 440 g/mol. The van der Waals surface area contributed by atoms with E-state index in [0.717, 1.165) is 6.07 Å². The van der Waals surface area contributed by atoms with Gasteiger partial charge in [-0.2, -0.15) is 18.3 Å². The Morgan fingerprint density at radius 1 is 1.23 bits per heavy atom. The molecular weight excluding hydrogens is 417 g/mol. The molecule has 0 aliphatic rings. The number of nitrogens with two attached hydrogens (primary N) is 1. The molecule has 0 fully saturated rings. The number of hydrogen-bond donors (Lipinski definition) is 1. The van der Waals surface area contributed by atoms with Gasteiger partial charge in [0.15, 0.2) is 10.8 Å². The standard InChI is InChI=1S/C21H24ClF3N4O/c1-12(2)9-20(4,26)11-30-17-6-5-14(7-16(17)21(23,24)25)15-8-18(22)28-29-10-13(3)27-19(15)29/h5-8,10,12H,9,11,26H2,1-4H3. The van der Waals surface area contributed by atoms with Crippen LogP contribution in [0.15, 0.2) is 30.5 Å². The molecule has 1 atom stereocenters. The third kappa shape index (κ3) is 5.05. The number of nitrogens with zero attached hydrogens (tertiary/aromatic N) is 3. The summed E-state index contributed by atoms with van der Waals surface area (Å²) in [5.74, 6) is 0.0345. The molecule has 0 aliphatic heterocycles. The lowest BCUT2D eigenvalue weighted by atomic mass is 9.93. The Hall–Kier alpha value is -2.32. The van der Waals surface area contributed by atoms with Crippen LogP contribution in [0.4, 0.5) is 13.2 Å². The van der Waals surface area contributed by atoms with Gasteiger partial charge in [0.1, 0.15) is 12.4 Å². The molecule has 30 heavy (non-hydrogen) atoms. The Morgan fingerprint density at radius 2 is 1.93 bits per heavy atom. The molecule has 0 bridgehead atoms. The van der Waals surface area contributed by atoms with Crippen LogP contribution in [0.2, 0.25) is 5.15 Å². The first-order valence-corrected chi connectivity index (χ1v) is 9.89. The third-order valence-corrected chi connectivity index (χ3v) is 4.73. The number of benzene rings is 1. The number of rotatable bonds is 6. The summed E-state index contributed by atoms with van der Waals surface area (Å²) in [6, 6.07) is 5.40. The van der Waals surface area contributed by atoms with Gasteiger partial charge in [-0.1, -0.05) is 31.5 Å². The van der Waals surface area contributed by atoms with Crippen LogP contribution in [-0.2, 0) is 6.18 Å². The molecule has 0 saturated carbocycles. The fourth-order valence-electron chi connectivity index (χ4n) is 3.55. The van der Waals surface area contributed by atoms with E-state index in [1.165, 1.54) is 16.6 Å². The molecule has 2 aromatic heterocycles. The first kappa shape index (κ1) is 22.4. The summed E-state index contributed by atoms with van der Waals surface area (Å²) >= 11 is 6.06. The number of alkyl halides is 3. The molecule has 2 N–H and O–H groups in total. The van der Waals surface area contributed by atoms with E-state index in [0.29, 0.717) is 34.8 Å². The molecule has 0 amide bonds. The van der Waals surface area contributed by atoms with Crippen molar-refractivity contribution in [1.29, 1.82) is 0 Å². The fraction of sp³-hybridized carbons (Fsp3) is 0.429. The lowest BCUT2D eigenvalue weighted by Crippen LogP contribution is -2.43. The summed E-state index contributed by atoms with van der Waals surface area (Å²) in [6.07, 6.45) is -2.32. The van der Waals surface area contributed by atoms with Crippen molar-refractivity contribution < 1.29 is 17.9 Å².